The minimum absolute atomic E-state index is 0.0768. The number of hydrogen-bond acceptors (Lipinski definition) is 1. The summed E-state index contributed by atoms with van der Waals surface area (Å²) in [5, 5.41) is 13.5. The van der Waals surface area contributed by atoms with E-state index in [4.69, 9.17) is 0 Å². The molecule has 0 bridgehead atoms. The van der Waals surface area contributed by atoms with E-state index in [1.807, 2.05) is 0 Å². The van der Waals surface area contributed by atoms with Gasteiger partial charge in [-0.2, -0.15) is 0 Å². The Labute approximate surface area is 265 Å². The van der Waals surface area contributed by atoms with Crippen molar-refractivity contribution >= 4 is 93.5 Å². The molecule has 0 saturated heterocycles. The van der Waals surface area contributed by atoms with Crippen LogP contribution in [-0.4, -0.2) is 0 Å². The maximum absolute atomic E-state index is 2.51. The Hall–Kier alpha value is -4.15. The summed E-state index contributed by atoms with van der Waals surface area (Å²) in [6.45, 7) is 9.29. The van der Waals surface area contributed by atoms with Gasteiger partial charge in [-0.1, -0.05) is 86.6 Å². The Morgan fingerprint density at radius 3 is 1.95 bits per heavy atom. The summed E-state index contributed by atoms with van der Waals surface area (Å²) in [6, 6.07) is 41.3. The predicted octanol–water partition coefficient (Wildman–Crippen LogP) is 12.2. The molecule has 0 atom stereocenters. The van der Waals surface area contributed by atoms with E-state index in [-0.39, 0.29) is 5.41 Å². The molecule has 0 aliphatic heterocycles. The first-order valence-electron chi connectivity index (χ1n) is 15.1. The summed E-state index contributed by atoms with van der Waals surface area (Å²) in [5.41, 5.74) is 8.99. The smallest absolute Gasteiger partial charge is 0.0543 e. The molecule has 0 radical (unpaired) electrons. The van der Waals surface area contributed by atoms with E-state index in [2.05, 4.69) is 164 Å². The number of rotatable bonds is 3. The number of nitrogens with zero attached hydrogens (tertiary/aromatic N) is 1. The average Bonchev–Trinajstić information content (AvgIpc) is 3.25. The number of benzene rings is 8. The van der Waals surface area contributed by atoms with Crippen molar-refractivity contribution in [1.29, 1.82) is 0 Å². The summed E-state index contributed by atoms with van der Waals surface area (Å²) < 4.78 is 1.31. The molecule has 1 aliphatic rings. The average molecular weight is 664 g/mol. The van der Waals surface area contributed by atoms with Gasteiger partial charge in [0, 0.05) is 25.7 Å². The normalized spacial score (nSPS) is 13.9. The van der Waals surface area contributed by atoms with Gasteiger partial charge in [0.05, 0.1) is 5.69 Å². The fraction of sp³-hybridized carbons (Fsp3) is 0.122. The fourth-order valence-corrected chi connectivity index (χ4v) is 8.89. The molecule has 0 amide bonds. The van der Waals surface area contributed by atoms with Crippen LogP contribution in [0.3, 0.4) is 0 Å². The summed E-state index contributed by atoms with van der Waals surface area (Å²) in [4.78, 5) is 2.50. The van der Waals surface area contributed by atoms with Crippen molar-refractivity contribution in [3.05, 3.63) is 135 Å². The van der Waals surface area contributed by atoms with Crippen LogP contribution in [0.2, 0.25) is 0 Å². The van der Waals surface area contributed by atoms with E-state index in [9.17, 15) is 0 Å². The molecule has 9 rings (SSSR count). The van der Waals surface area contributed by atoms with Crippen molar-refractivity contribution in [1.82, 2.24) is 0 Å². The summed E-state index contributed by atoms with van der Waals surface area (Å²) in [5.74, 6) is 0. The molecule has 1 aliphatic carbocycles. The van der Waals surface area contributed by atoms with Crippen molar-refractivity contribution in [2.45, 2.75) is 33.1 Å². The van der Waals surface area contributed by atoms with Gasteiger partial charge in [0.15, 0.2) is 0 Å². The largest absolute Gasteiger partial charge is 0.310 e. The molecule has 0 spiro atoms. The maximum atomic E-state index is 2.51. The molecule has 43 heavy (non-hydrogen) atoms. The molecule has 0 heterocycles. The van der Waals surface area contributed by atoms with Crippen molar-refractivity contribution < 1.29 is 0 Å². The first kappa shape index (κ1) is 25.4. The minimum atomic E-state index is -0.0768. The van der Waals surface area contributed by atoms with Crippen LogP contribution in [0.25, 0.3) is 53.9 Å². The molecule has 1 nitrogen and oxygen atoms in total. The second-order valence-corrected chi connectivity index (χ2v) is 14.0. The highest BCUT2D eigenvalue weighted by atomic mass is 127. The standard InChI is InChI=1S/C41H30IN/c1-23-19-35(42)31-17-15-30-24(2)20-36(32-18-16-29(23)39(31)40(30)32)43(27-10-6-5-7-11-27)28-21-26-14-13-25-9-8-12-33-37(25)38(26)34(22-28)41(33,3)4/h5-22H,1-4H3. The van der Waals surface area contributed by atoms with Crippen molar-refractivity contribution in [3.8, 4) is 0 Å². The van der Waals surface area contributed by atoms with Gasteiger partial charge in [-0.15, -0.1) is 0 Å². The Balaban J connectivity index is 1.40. The Kier molecular flexibility index (Phi) is 5.13. The summed E-state index contributed by atoms with van der Waals surface area (Å²) in [7, 11) is 0. The van der Waals surface area contributed by atoms with Gasteiger partial charge in [0.1, 0.15) is 0 Å². The number of halogens is 1. The molecule has 0 N–H and O–H groups in total. The van der Waals surface area contributed by atoms with Gasteiger partial charge in [0.25, 0.3) is 0 Å². The number of aryl methyl sites for hydroxylation is 2. The van der Waals surface area contributed by atoms with Crippen LogP contribution >= 0.6 is 22.6 Å². The van der Waals surface area contributed by atoms with Crippen LogP contribution in [0, 0.1) is 17.4 Å². The van der Waals surface area contributed by atoms with Crippen LogP contribution in [0.1, 0.15) is 36.1 Å². The lowest BCUT2D eigenvalue weighted by Crippen LogP contribution is -2.17. The highest BCUT2D eigenvalue weighted by Gasteiger charge is 2.35. The zero-order chi connectivity index (χ0) is 29.2. The quantitative estimate of drug-likeness (QED) is 0.134. The van der Waals surface area contributed by atoms with Gasteiger partial charge in [-0.05, 0) is 144 Å². The lowest BCUT2D eigenvalue weighted by atomic mass is 9.81. The lowest BCUT2D eigenvalue weighted by Gasteiger charge is -2.30. The molecule has 8 aromatic carbocycles. The molecule has 2 heteroatoms. The highest BCUT2D eigenvalue weighted by molar-refractivity contribution is 14.1. The number of anilines is 3. The van der Waals surface area contributed by atoms with Gasteiger partial charge >= 0.3 is 0 Å². The zero-order valence-corrected chi connectivity index (χ0v) is 26.9. The highest BCUT2D eigenvalue weighted by Crippen LogP contribution is 2.52. The molecular weight excluding hydrogens is 633 g/mol. The van der Waals surface area contributed by atoms with Gasteiger partial charge in [-0.3, -0.25) is 0 Å². The van der Waals surface area contributed by atoms with Crippen LogP contribution in [0.4, 0.5) is 17.1 Å². The molecule has 206 valence electrons. The predicted molar refractivity (Wildman–Crippen MR) is 194 cm³/mol. The fourth-order valence-electron chi connectivity index (χ4n) is 7.98. The molecule has 0 fully saturated rings. The van der Waals surface area contributed by atoms with Crippen LogP contribution in [0.5, 0.6) is 0 Å². The van der Waals surface area contributed by atoms with E-state index in [0.29, 0.717) is 0 Å². The maximum Gasteiger partial charge on any atom is 0.0543 e. The van der Waals surface area contributed by atoms with Crippen molar-refractivity contribution in [3.63, 3.8) is 0 Å². The van der Waals surface area contributed by atoms with E-state index in [1.165, 1.54) is 96.7 Å². The molecule has 0 saturated carbocycles. The van der Waals surface area contributed by atoms with Crippen LogP contribution in [0.15, 0.2) is 109 Å². The Bertz CT molecular complexity index is 2430. The van der Waals surface area contributed by atoms with Gasteiger partial charge < -0.3 is 4.90 Å². The number of para-hydroxylation sites is 1. The molecule has 0 aromatic heterocycles. The third-order valence-electron chi connectivity index (χ3n) is 10.0. The van der Waals surface area contributed by atoms with E-state index < -0.39 is 0 Å². The van der Waals surface area contributed by atoms with Crippen molar-refractivity contribution in [2.24, 2.45) is 0 Å². The van der Waals surface area contributed by atoms with Gasteiger partial charge in [-0.25, -0.2) is 0 Å². The zero-order valence-electron chi connectivity index (χ0n) is 24.7. The van der Waals surface area contributed by atoms with E-state index in [1.54, 1.807) is 0 Å². The third kappa shape index (κ3) is 3.33. The second-order valence-electron chi connectivity index (χ2n) is 12.8. The first-order valence-corrected chi connectivity index (χ1v) is 16.1. The second kappa shape index (κ2) is 8.70. The molecule has 8 aromatic rings. The third-order valence-corrected chi connectivity index (χ3v) is 10.9. The molecular formula is C41H30IN. The lowest BCUT2D eigenvalue weighted by molar-refractivity contribution is 0.663. The SMILES string of the molecule is Cc1cc(I)c2ccc3c(C)cc(N(c4ccccc4)c4cc5c6c(ccc7cccc(c76)C5(C)C)c4)c4ccc1c2c34. The summed E-state index contributed by atoms with van der Waals surface area (Å²) >= 11 is 2.51. The molecule has 0 unspecified atom stereocenters. The topological polar surface area (TPSA) is 3.24 Å². The van der Waals surface area contributed by atoms with E-state index >= 15 is 0 Å². The first-order chi connectivity index (χ1) is 20.8. The monoisotopic (exact) mass is 663 g/mol. The number of hydrogen-bond donors (Lipinski definition) is 0. The van der Waals surface area contributed by atoms with Crippen LogP contribution in [-0.2, 0) is 5.41 Å². The Morgan fingerprint density at radius 2 is 1.16 bits per heavy atom. The minimum Gasteiger partial charge on any atom is -0.310 e. The van der Waals surface area contributed by atoms with Crippen LogP contribution < -0.4 is 4.90 Å². The van der Waals surface area contributed by atoms with Crippen molar-refractivity contribution in [2.75, 3.05) is 4.90 Å². The van der Waals surface area contributed by atoms with Gasteiger partial charge in [0.2, 0.25) is 0 Å². The van der Waals surface area contributed by atoms with E-state index in [0.717, 1.165) is 0 Å². The summed E-state index contributed by atoms with van der Waals surface area (Å²) in [6.07, 6.45) is 0. The Morgan fingerprint density at radius 1 is 0.512 bits per heavy atom.